The van der Waals surface area contributed by atoms with Crippen molar-refractivity contribution in [2.45, 2.75) is 13.0 Å². The van der Waals surface area contributed by atoms with Crippen LogP contribution in [-0.2, 0) is 0 Å². The Morgan fingerprint density at radius 1 is 1.42 bits per heavy atom. The van der Waals surface area contributed by atoms with E-state index in [9.17, 15) is 0 Å². The van der Waals surface area contributed by atoms with Gasteiger partial charge in [0.15, 0.2) is 11.5 Å². The molecule has 1 aromatic carbocycles. The first kappa shape index (κ1) is 12.9. The number of aromatic nitrogens is 1. The number of hydrogen-bond donors (Lipinski definition) is 1. The van der Waals surface area contributed by atoms with Gasteiger partial charge in [-0.15, -0.1) is 11.3 Å². The summed E-state index contributed by atoms with van der Waals surface area (Å²) in [5, 5.41) is 4.20. The van der Waals surface area contributed by atoms with Crippen LogP contribution < -0.4 is 14.8 Å². The molecular formula is C13H13BrN2O2S. The fourth-order valence-electron chi connectivity index (χ4n) is 1.85. The van der Waals surface area contributed by atoms with E-state index in [-0.39, 0.29) is 6.79 Å². The summed E-state index contributed by atoms with van der Waals surface area (Å²) in [5.41, 5.74) is 1.04. The summed E-state index contributed by atoms with van der Waals surface area (Å²) in [6, 6.07) is 4.30. The third kappa shape index (κ3) is 2.35. The zero-order valence-electron chi connectivity index (χ0n) is 10.6. The average molecular weight is 341 g/mol. The fourth-order valence-corrected chi connectivity index (χ4v) is 3.37. The molecule has 4 nitrogen and oxygen atoms in total. The van der Waals surface area contributed by atoms with Crippen molar-refractivity contribution in [2.75, 3.05) is 13.8 Å². The number of thiazole rings is 1. The molecular weight excluding hydrogens is 328 g/mol. The number of nitrogens with one attached hydrogen (secondary N) is 1. The summed E-state index contributed by atoms with van der Waals surface area (Å²) in [6.45, 7) is 2.39. The Balaban J connectivity index is 1.98. The molecule has 1 aliphatic heterocycles. The second-order valence-corrected chi connectivity index (χ2v) is 6.19. The Kier molecular flexibility index (Phi) is 3.47. The van der Waals surface area contributed by atoms with Crippen LogP contribution in [0.4, 0.5) is 0 Å². The van der Waals surface area contributed by atoms with Crippen LogP contribution >= 0.6 is 27.3 Å². The van der Waals surface area contributed by atoms with Crippen LogP contribution in [0.1, 0.15) is 17.8 Å². The van der Waals surface area contributed by atoms with E-state index in [2.05, 4.69) is 33.2 Å². The highest BCUT2D eigenvalue weighted by Crippen LogP contribution is 2.43. The Hall–Kier alpha value is -1.11. The van der Waals surface area contributed by atoms with Crippen LogP contribution in [0.5, 0.6) is 11.5 Å². The molecule has 1 N–H and O–H groups in total. The van der Waals surface area contributed by atoms with E-state index >= 15 is 0 Å². The van der Waals surface area contributed by atoms with Gasteiger partial charge in [0.2, 0.25) is 6.79 Å². The molecule has 0 fully saturated rings. The Labute approximate surface area is 123 Å². The minimum Gasteiger partial charge on any atom is -0.454 e. The zero-order valence-corrected chi connectivity index (χ0v) is 13.0. The molecule has 0 saturated heterocycles. The molecule has 0 spiro atoms. The van der Waals surface area contributed by atoms with Crippen LogP contribution in [0.15, 0.2) is 22.8 Å². The number of fused-ring (bicyclic) bond motifs is 1. The average Bonchev–Trinajstić information content (AvgIpc) is 3.06. The molecule has 0 saturated carbocycles. The van der Waals surface area contributed by atoms with Crippen LogP contribution in [0.25, 0.3) is 10.6 Å². The molecule has 1 aliphatic rings. The van der Waals surface area contributed by atoms with Crippen molar-refractivity contribution in [1.82, 2.24) is 10.3 Å². The summed E-state index contributed by atoms with van der Waals surface area (Å²) in [5.74, 6) is 1.53. The first-order chi connectivity index (χ1) is 9.19. The highest BCUT2D eigenvalue weighted by molar-refractivity contribution is 9.10. The molecule has 0 amide bonds. The van der Waals surface area contributed by atoms with Gasteiger partial charge in [0.25, 0.3) is 0 Å². The van der Waals surface area contributed by atoms with E-state index in [1.807, 2.05) is 25.4 Å². The number of ether oxygens (including phenoxy) is 2. The molecule has 3 rings (SSSR count). The lowest BCUT2D eigenvalue weighted by Crippen LogP contribution is -2.10. The summed E-state index contributed by atoms with van der Waals surface area (Å²) in [7, 11) is 1.95. The van der Waals surface area contributed by atoms with Gasteiger partial charge >= 0.3 is 0 Å². The minimum absolute atomic E-state index is 0.275. The van der Waals surface area contributed by atoms with Gasteiger partial charge in [0.05, 0.1) is 4.47 Å². The predicted octanol–water partition coefficient (Wildman–Crippen LogP) is 3.58. The fraction of sp³-hybridized carbons (Fsp3) is 0.308. The Bertz CT molecular complexity index is 615. The minimum atomic E-state index is 0.275. The lowest BCUT2D eigenvalue weighted by Gasteiger charge is -2.05. The lowest BCUT2D eigenvalue weighted by molar-refractivity contribution is 0.173. The smallest absolute Gasteiger partial charge is 0.231 e. The second-order valence-electron chi connectivity index (χ2n) is 4.27. The van der Waals surface area contributed by atoms with E-state index in [0.29, 0.717) is 6.04 Å². The van der Waals surface area contributed by atoms with E-state index < -0.39 is 0 Å². The van der Waals surface area contributed by atoms with E-state index in [0.717, 1.165) is 26.5 Å². The lowest BCUT2D eigenvalue weighted by atomic mass is 10.2. The van der Waals surface area contributed by atoms with Gasteiger partial charge in [-0.05, 0) is 42.0 Å². The van der Waals surface area contributed by atoms with Crippen molar-refractivity contribution >= 4 is 27.3 Å². The maximum atomic E-state index is 5.43. The van der Waals surface area contributed by atoms with Crippen molar-refractivity contribution in [3.05, 3.63) is 27.7 Å². The highest BCUT2D eigenvalue weighted by atomic mass is 79.9. The third-order valence-electron chi connectivity index (χ3n) is 3.06. The molecule has 2 aromatic rings. The first-order valence-corrected chi connectivity index (χ1v) is 7.52. The number of rotatable bonds is 3. The summed E-state index contributed by atoms with van der Waals surface area (Å²) >= 11 is 5.19. The van der Waals surface area contributed by atoms with E-state index in [1.165, 1.54) is 4.88 Å². The van der Waals surface area contributed by atoms with Crippen molar-refractivity contribution in [3.8, 4) is 22.1 Å². The topological polar surface area (TPSA) is 43.4 Å². The molecule has 1 aromatic heterocycles. The zero-order chi connectivity index (χ0) is 13.4. The number of nitrogens with zero attached hydrogens (tertiary/aromatic N) is 1. The Morgan fingerprint density at radius 3 is 3.05 bits per heavy atom. The largest absolute Gasteiger partial charge is 0.454 e. The standard InChI is InChI=1S/C13H13BrN2O2S/c1-7(15-2)11-5-16-13(19-11)8-3-9(14)12-10(4-8)17-6-18-12/h3-5,7,15H,6H2,1-2H3. The molecule has 6 heteroatoms. The maximum absolute atomic E-state index is 5.43. The van der Waals surface area contributed by atoms with Crippen molar-refractivity contribution in [2.24, 2.45) is 0 Å². The van der Waals surface area contributed by atoms with Gasteiger partial charge < -0.3 is 14.8 Å². The third-order valence-corrected chi connectivity index (χ3v) is 4.88. The van der Waals surface area contributed by atoms with Crippen molar-refractivity contribution in [1.29, 1.82) is 0 Å². The van der Waals surface area contributed by atoms with Crippen LogP contribution in [-0.4, -0.2) is 18.8 Å². The molecule has 0 aliphatic carbocycles. The molecule has 2 heterocycles. The van der Waals surface area contributed by atoms with E-state index in [1.54, 1.807) is 11.3 Å². The van der Waals surface area contributed by atoms with Gasteiger partial charge in [-0.2, -0.15) is 0 Å². The Morgan fingerprint density at radius 2 is 2.26 bits per heavy atom. The summed E-state index contributed by atoms with van der Waals surface area (Å²) in [6.07, 6.45) is 1.92. The normalized spacial score (nSPS) is 14.7. The SMILES string of the molecule is CNC(C)c1cnc(-c2cc(Br)c3c(c2)OCO3)s1. The quantitative estimate of drug-likeness (QED) is 0.927. The molecule has 0 radical (unpaired) electrons. The molecule has 100 valence electrons. The van der Waals surface area contributed by atoms with Crippen LogP contribution in [0, 0.1) is 0 Å². The number of halogens is 1. The highest BCUT2D eigenvalue weighted by Gasteiger charge is 2.19. The summed E-state index contributed by atoms with van der Waals surface area (Å²) < 4.78 is 11.7. The van der Waals surface area contributed by atoms with Crippen molar-refractivity contribution in [3.63, 3.8) is 0 Å². The van der Waals surface area contributed by atoms with Gasteiger partial charge in [-0.25, -0.2) is 4.98 Å². The molecule has 0 bridgehead atoms. The molecule has 19 heavy (non-hydrogen) atoms. The first-order valence-electron chi connectivity index (χ1n) is 5.91. The van der Waals surface area contributed by atoms with Gasteiger partial charge in [0.1, 0.15) is 5.01 Å². The number of hydrogen-bond acceptors (Lipinski definition) is 5. The summed E-state index contributed by atoms with van der Waals surface area (Å²) in [4.78, 5) is 5.70. The molecule has 1 unspecified atom stereocenters. The van der Waals surface area contributed by atoms with Gasteiger partial charge in [0, 0.05) is 22.7 Å². The monoisotopic (exact) mass is 340 g/mol. The van der Waals surface area contributed by atoms with E-state index in [4.69, 9.17) is 9.47 Å². The maximum Gasteiger partial charge on any atom is 0.231 e. The molecule has 1 atom stereocenters. The van der Waals surface area contributed by atoms with Gasteiger partial charge in [-0.3, -0.25) is 0 Å². The number of benzene rings is 1. The van der Waals surface area contributed by atoms with Crippen LogP contribution in [0.3, 0.4) is 0 Å². The van der Waals surface area contributed by atoms with Crippen LogP contribution in [0.2, 0.25) is 0 Å². The second kappa shape index (κ2) is 5.11. The predicted molar refractivity (Wildman–Crippen MR) is 78.8 cm³/mol. The van der Waals surface area contributed by atoms with Gasteiger partial charge in [-0.1, -0.05) is 0 Å². The van der Waals surface area contributed by atoms with Crippen molar-refractivity contribution < 1.29 is 9.47 Å².